The minimum Gasteiger partial charge on any atom is -0.388 e. The number of nitrogens with one attached hydrogen (secondary N) is 1. The van der Waals surface area contributed by atoms with Gasteiger partial charge in [0.1, 0.15) is 4.75 Å². The lowest BCUT2D eigenvalue weighted by molar-refractivity contribution is -0.133. The van der Waals surface area contributed by atoms with E-state index < -0.39 is 10.3 Å². The molecule has 2 aliphatic heterocycles. The summed E-state index contributed by atoms with van der Waals surface area (Å²) in [4.78, 5) is 16.7. The maximum absolute atomic E-state index is 12.5. The van der Waals surface area contributed by atoms with Gasteiger partial charge in [0.15, 0.2) is 5.17 Å². The van der Waals surface area contributed by atoms with Crippen molar-refractivity contribution in [1.82, 2.24) is 5.32 Å². The average Bonchev–Trinajstić information content (AvgIpc) is 3.16. The first-order chi connectivity index (χ1) is 10.5. The molecule has 4 aliphatic rings. The van der Waals surface area contributed by atoms with Crippen molar-refractivity contribution in [3.63, 3.8) is 0 Å². The SMILES string of the molecule is CC1(C2(O)CCOCC2)SC(N[C@H]2C[C@@H]3CC[C@H]2C3)=NC1=O. The van der Waals surface area contributed by atoms with Gasteiger partial charge in [-0.05, 0) is 38.0 Å². The fraction of sp³-hybridized carbons (Fsp3) is 0.875. The normalized spacial score (nSPS) is 43.5. The molecular formula is C16H24N2O3S. The van der Waals surface area contributed by atoms with E-state index in [-0.39, 0.29) is 5.91 Å². The Bertz CT molecular complexity index is 518. The average molecular weight is 324 g/mol. The standard InChI is InChI=1S/C16H24N2O3S/c1-15(16(20)4-6-21-7-5-16)13(19)18-14(22-15)17-12-9-10-2-3-11(12)8-10/h10-12,20H,2-9H2,1H3,(H,17,18,19)/t10-,11+,12+,15?/m1/s1. The smallest absolute Gasteiger partial charge is 0.267 e. The number of nitrogens with zero attached hydrogens (tertiary/aromatic N) is 1. The maximum atomic E-state index is 12.5. The molecule has 4 atom stereocenters. The number of fused-ring (bicyclic) bond motifs is 2. The van der Waals surface area contributed by atoms with Gasteiger partial charge < -0.3 is 15.2 Å². The highest BCUT2D eigenvalue weighted by atomic mass is 32.2. The molecule has 1 saturated heterocycles. The van der Waals surface area contributed by atoms with Crippen molar-refractivity contribution in [3.05, 3.63) is 0 Å². The number of thioether (sulfide) groups is 1. The molecular weight excluding hydrogens is 300 g/mol. The van der Waals surface area contributed by atoms with E-state index in [1.165, 1.54) is 37.4 Å². The van der Waals surface area contributed by atoms with Crippen molar-refractivity contribution >= 4 is 22.8 Å². The quantitative estimate of drug-likeness (QED) is 0.809. The Labute approximate surface area is 135 Å². The number of aliphatic imine (C=N–C) groups is 1. The van der Waals surface area contributed by atoms with Gasteiger partial charge in [-0.15, -0.1) is 0 Å². The van der Waals surface area contributed by atoms with E-state index in [2.05, 4.69) is 10.3 Å². The lowest BCUT2D eigenvalue weighted by Gasteiger charge is -2.42. The molecule has 2 aliphatic carbocycles. The van der Waals surface area contributed by atoms with Crippen LogP contribution >= 0.6 is 11.8 Å². The summed E-state index contributed by atoms with van der Waals surface area (Å²) in [5.41, 5.74) is -1.02. The van der Waals surface area contributed by atoms with Gasteiger partial charge >= 0.3 is 0 Å². The predicted molar refractivity (Wildman–Crippen MR) is 85.8 cm³/mol. The van der Waals surface area contributed by atoms with Gasteiger partial charge in [-0.1, -0.05) is 18.2 Å². The number of hydrogen-bond acceptors (Lipinski definition) is 5. The van der Waals surface area contributed by atoms with Crippen LogP contribution in [-0.2, 0) is 9.53 Å². The molecule has 2 bridgehead atoms. The summed E-state index contributed by atoms with van der Waals surface area (Å²) in [5, 5.41) is 15.2. The highest BCUT2D eigenvalue weighted by Crippen LogP contribution is 2.48. The third kappa shape index (κ3) is 2.22. The molecule has 4 rings (SSSR count). The van der Waals surface area contributed by atoms with Crippen LogP contribution in [0.5, 0.6) is 0 Å². The second-order valence-electron chi connectivity index (χ2n) is 7.43. The van der Waals surface area contributed by atoms with Crippen LogP contribution < -0.4 is 5.32 Å². The van der Waals surface area contributed by atoms with Crippen LogP contribution in [0.15, 0.2) is 4.99 Å². The van der Waals surface area contributed by atoms with Gasteiger partial charge in [0, 0.05) is 32.1 Å². The Hall–Kier alpha value is -0.590. The second kappa shape index (κ2) is 5.21. The van der Waals surface area contributed by atoms with E-state index >= 15 is 0 Å². The van der Waals surface area contributed by atoms with Crippen LogP contribution in [0, 0.1) is 11.8 Å². The number of aliphatic hydroxyl groups is 1. The Kier molecular flexibility index (Phi) is 3.55. The van der Waals surface area contributed by atoms with Crippen LogP contribution in [0.25, 0.3) is 0 Å². The number of amides is 1. The molecule has 0 aromatic carbocycles. The number of rotatable bonds is 2. The summed E-state index contributed by atoms with van der Waals surface area (Å²) < 4.78 is 4.46. The van der Waals surface area contributed by atoms with Crippen LogP contribution in [-0.4, -0.2) is 45.8 Å². The first kappa shape index (κ1) is 15.0. The summed E-state index contributed by atoms with van der Waals surface area (Å²) >= 11 is 1.42. The van der Waals surface area contributed by atoms with Crippen molar-refractivity contribution < 1.29 is 14.6 Å². The van der Waals surface area contributed by atoms with Crippen molar-refractivity contribution in [2.24, 2.45) is 16.8 Å². The van der Waals surface area contributed by atoms with Crippen molar-refractivity contribution in [2.45, 2.75) is 61.8 Å². The minimum absolute atomic E-state index is 0.201. The van der Waals surface area contributed by atoms with Crippen LogP contribution in [0.4, 0.5) is 0 Å². The van der Waals surface area contributed by atoms with Gasteiger partial charge in [0.2, 0.25) is 0 Å². The first-order valence-corrected chi connectivity index (χ1v) is 9.21. The molecule has 0 aromatic rings. The molecule has 6 heteroatoms. The summed E-state index contributed by atoms with van der Waals surface area (Å²) in [6, 6.07) is 0.462. The molecule has 22 heavy (non-hydrogen) atoms. The molecule has 3 fully saturated rings. The maximum Gasteiger partial charge on any atom is 0.267 e. The van der Waals surface area contributed by atoms with Crippen molar-refractivity contribution in [3.8, 4) is 0 Å². The summed E-state index contributed by atoms with van der Waals surface area (Å²) in [6.07, 6.45) is 6.18. The molecule has 2 saturated carbocycles. The number of carbonyl (C=O) groups is 1. The lowest BCUT2D eigenvalue weighted by Crippen LogP contribution is -2.56. The third-order valence-electron chi connectivity index (χ3n) is 6.17. The van der Waals surface area contributed by atoms with Gasteiger partial charge in [0.05, 0.1) is 5.60 Å². The van der Waals surface area contributed by atoms with Crippen LogP contribution in [0.2, 0.25) is 0 Å². The lowest BCUT2D eigenvalue weighted by atomic mass is 9.81. The topological polar surface area (TPSA) is 70.9 Å². The number of hydrogen-bond donors (Lipinski definition) is 2. The molecule has 122 valence electrons. The molecule has 2 heterocycles. The molecule has 2 N–H and O–H groups in total. The summed E-state index contributed by atoms with van der Waals surface area (Å²) in [7, 11) is 0. The first-order valence-electron chi connectivity index (χ1n) is 8.39. The van der Waals surface area contributed by atoms with E-state index in [1.54, 1.807) is 0 Å². The number of amidine groups is 1. The van der Waals surface area contributed by atoms with Crippen molar-refractivity contribution in [2.75, 3.05) is 13.2 Å². The molecule has 1 unspecified atom stereocenters. The molecule has 5 nitrogen and oxygen atoms in total. The van der Waals surface area contributed by atoms with Crippen molar-refractivity contribution in [1.29, 1.82) is 0 Å². The molecule has 0 radical (unpaired) electrons. The second-order valence-corrected chi connectivity index (χ2v) is 8.83. The number of carbonyl (C=O) groups excluding carboxylic acids is 1. The zero-order chi connectivity index (χ0) is 15.4. The van der Waals surface area contributed by atoms with Gasteiger partial charge in [0.25, 0.3) is 5.91 Å². The summed E-state index contributed by atoms with van der Waals surface area (Å²) in [5.74, 6) is 1.39. The summed E-state index contributed by atoms with van der Waals surface area (Å²) in [6.45, 7) is 2.86. The Morgan fingerprint density at radius 3 is 2.73 bits per heavy atom. The highest BCUT2D eigenvalue weighted by Gasteiger charge is 2.57. The van der Waals surface area contributed by atoms with Crippen LogP contribution in [0.1, 0.15) is 45.4 Å². The fourth-order valence-electron chi connectivity index (χ4n) is 4.58. The Morgan fingerprint density at radius 2 is 2.09 bits per heavy atom. The van der Waals surface area contributed by atoms with E-state index in [0.717, 1.165) is 11.8 Å². The minimum atomic E-state index is -1.02. The zero-order valence-corrected chi connectivity index (χ0v) is 13.8. The zero-order valence-electron chi connectivity index (χ0n) is 13.0. The molecule has 1 amide bonds. The van der Waals surface area contributed by atoms with Gasteiger partial charge in [-0.25, -0.2) is 0 Å². The monoisotopic (exact) mass is 324 g/mol. The molecule has 0 spiro atoms. The molecule has 0 aromatic heterocycles. The Morgan fingerprint density at radius 1 is 1.32 bits per heavy atom. The van der Waals surface area contributed by atoms with E-state index in [1.807, 2.05) is 6.92 Å². The van der Waals surface area contributed by atoms with E-state index in [0.29, 0.717) is 37.3 Å². The number of ether oxygens (including phenoxy) is 1. The Balaban J connectivity index is 1.46. The van der Waals surface area contributed by atoms with E-state index in [4.69, 9.17) is 4.74 Å². The fourth-order valence-corrected chi connectivity index (χ4v) is 5.83. The highest BCUT2D eigenvalue weighted by molar-refractivity contribution is 8.16. The van der Waals surface area contributed by atoms with Gasteiger partial charge in [-0.2, -0.15) is 4.99 Å². The predicted octanol–water partition coefficient (Wildman–Crippen LogP) is 1.69. The largest absolute Gasteiger partial charge is 0.388 e. The van der Waals surface area contributed by atoms with Gasteiger partial charge in [-0.3, -0.25) is 4.79 Å². The van der Waals surface area contributed by atoms with Crippen LogP contribution in [0.3, 0.4) is 0 Å². The van der Waals surface area contributed by atoms with E-state index in [9.17, 15) is 9.90 Å². The third-order valence-corrected chi connectivity index (χ3v) is 7.53.